The Morgan fingerprint density at radius 2 is 1.67 bits per heavy atom. The second-order valence-electron chi connectivity index (χ2n) is 4.23. The van der Waals surface area contributed by atoms with E-state index in [1.54, 1.807) is 24.3 Å². The van der Waals surface area contributed by atoms with Gasteiger partial charge in [0.25, 0.3) is 0 Å². The van der Waals surface area contributed by atoms with Gasteiger partial charge in [-0.1, -0.05) is 28.4 Å². The SMILES string of the molecule is Fc1ccc(Cl)c(F)c1-c1cnnn1-c1ccc(Cl)cc1. The van der Waals surface area contributed by atoms with Crippen LogP contribution in [-0.2, 0) is 0 Å². The van der Waals surface area contributed by atoms with Crippen molar-refractivity contribution in [3.63, 3.8) is 0 Å². The molecule has 0 aliphatic carbocycles. The molecule has 106 valence electrons. The lowest BCUT2D eigenvalue weighted by Gasteiger charge is -2.09. The van der Waals surface area contributed by atoms with Crippen LogP contribution in [-0.4, -0.2) is 15.0 Å². The van der Waals surface area contributed by atoms with E-state index in [-0.39, 0.29) is 16.3 Å². The molecule has 7 heteroatoms. The molecule has 0 amide bonds. The average molecular weight is 326 g/mol. The Hall–Kier alpha value is -1.98. The first-order valence-corrected chi connectivity index (χ1v) is 6.64. The smallest absolute Gasteiger partial charge is 0.154 e. The maximum atomic E-state index is 14.1. The molecule has 0 saturated heterocycles. The van der Waals surface area contributed by atoms with E-state index in [1.165, 1.54) is 10.9 Å². The van der Waals surface area contributed by atoms with Crippen LogP contribution in [0, 0.1) is 11.6 Å². The quantitative estimate of drug-likeness (QED) is 0.648. The van der Waals surface area contributed by atoms with Gasteiger partial charge in [-0.05, 0) is 36.4 Å². The molecule has 0 fully saturated rings. The lowest BCUT2D eigenvalue weighted by molar-refractivity contribution is 0.587. The lowest BCUT2D eigenvalue weighted by Crippen LogP contribution is -2.02. The number of aromatic nitrogens is 3. The monoisotopic (exact) mass is 325 g/mol. The molecule has 0 N–H and O–H groups in total. The minimum Gasteiger partial charge on any atom is -0.213 e. The highest BCUT2D eigenvalue weighted by Gasteiger charge is 2.19. The van der Waals surface area contributed by atoms with Gasteiger partial charge in [-0.15, -0.1) is 5.10 Å². The fraction of sp³-hybridized carbons (Fsp3) is 0. The Labute approximate surface area is 128 Å². The predicted molar refractivity (Wildman–Crippen MR) is 76.7 cm³/mol. The Morgan fingerprint density at radius 1 is 0.952 bits per heavy atom. The van der Waals surface area contributed by atoms with E-state index >= 15 is 0 Å². The number of rotatable bonds is 2. The van der Waals surface area contributed by atoms with E-state index < -0.39 is 11.6 Å². The molecule has 0 aliphatic rings. The van der Waals surface area contributed by atoms with Gasteiger partial charge in [-0.2, -0.15) is 0 Å². The Morgan fingerprint density at radius 3 is 2.38 bits per heavy atom. The first kappa shape index (κ1) is 14.0. The lowest BCUT2D eigenvalue weighted by atomic mass is 10.1. The van der Waals surface area contributed by atoms with Gasteiger partial charge in [-0.3, -0.25) is 0 Å². The Bertz CT molecular complexity index is 800. The van der Waals surface area contributed by atoms with Crippen LogP contribution in [0.3, 0.4) is 0 Å². The number of hydrogen-bond donors (Lipinski definition) is 0. The zero-order valence-electron chi connectivity index (χ0n) is 10.4. The molecule has 3 nitrogen and oxygen atoms in total. The highest BCUT2D eigenvalue weighted by molar-refractivity contribution is 6.31. The molecule has 3 rings (SSSR count). The van der Waals surface area contributed by atoms with Crippen LogP contribution in [0.5, 0.6) is 0 Å². The van der Waals surface area contributed by atoms with E-state index in [2.05, 4.69) is 10.3 Å². The van der Waals surface area contributed by atoms with Crippen LogP contribution in [0.25, 0.3) is 16.9 Å². The standard InChI is InChI=1S/C14H7Cl2F2N3/c15-8-1-3-9(4-2-8)21-12(7-19-20-21)13-11(17)6-5-10(16)14(13)18/h1-7H. The van der Waals surface area contributed by atoms with Gasteiger partial charge < -0.3 is 0 Å². The Balaban J connectivity index is 2.20. The third kappa shape index (κ3) is 2.50. The van der Waals surface area contributed by atoms with Crippen molar-refractivity contribution in [1.82, 2.24) is 15.0 Å². The minimum atomic E-state index is -0.853. The van der Waals surface area contributed by atoms with Gasteiger partial charge in [0, 0.05) is 5.02 Å². The van der Waals surface area contributed by atoms with Crippen LogP contribution in [0.15, 0.2) is 42.6 Å². The van der Waals surface area contributed by atoms with E-state index in [0.29, 0.717) is 10.7 Å². The maximum absolute atomic E-state index is 14.1. The molecule has 0 aliphatic heterocycles. The van der Waals surface area contributed by atoms with Crippen molar-refractivity contribution in [1.29, 1.82) is 0 Å². The van der Waals surface area contributed by atoms with Crippen LogP contribution in [0.2, 0.25) is 10.0 Å². The summed E-state index contributed by atoms with van der Waals surface area (Å²) in [5.74, 6) is -1.59. The van der Waals surface area contributed by atoms with Crippen molar-refractivity contribution in [2.45, 2.75) is 0 Å². The number of halogens is 4. The van der Waals surface area contributed by atoms with E-state index in [9.17, 15) is 8.78 Å². The summed E-state index contributed by atoms with van der Waals surface area (Å²) in [6.07, 6.45) is 1.27. The van der Waals surface area contributed by atoms with Gasteiger partial charge in [0.1, 0.15) is 11.5 Å². The van der Waals surface area contributed by atoms with Crippen molar-refractivity contribution < 1.29 is 8.78 Å². The van der Waals surface area contributed by atoms with Gasteiger partial charge in [0.2, 0.25) is 0 Å². The van der Waals surface area contributed by atoms with Crippen molar-refractivity contribution in [3.8, 4) is 16.9 Å². The van der Waals surface area contributed by atoms with E-state index in [4.69, 9.17) is 23.2 Å². The first-order valence-electron chi connectivity index (χ1n) is 5.88. The largest absolute Gasteiger partial charge is 0.213 e. The third-order valence-electron chi connectivity index (χ3n) is 2.92. The van der Waals surface area contributed by atoms with Crippen LogP contribution in [0.1, 0.15) is 0 Å². The highest BCUT2D eigenvalue weighted by atomic mass is 35.5. The molecule has 1 heterocycles. The zero-order chi connectivity index (χ0) is 15.0. The highest BCUT2D eigenvalue weighted by Crippen LogP contribution is 2.31. The van der Waals surface area contributed by atoms with E-state index in [0.717, 1.165) is 12.1 Å². The molecule has 0 spiro atoms. The van der Waals surface area contributed by atoms with Gasteiger partial charge in [-0.25, -0.2) is 13.5 Å². The molecule has 21 heavy (non-hydrogen) atoms. The normalized spacial score (nSPS) is 10.9. The molecule has 0 unspecified atom stereocenters. The molecule has 0 saturated carbocycles. The average Bonchev–Trinajstić information content (AvgIpc) is 2.93. The van der Waals surface area contributed by atoms with Crippen molar-refractivity contribution in [3.05, 3.63) is 64.3 Å². The third-order valence-corrected chi connectivity index (χ3v) is 3.46. The van der Waals surface area contributed by atoms with E-state index in [1.807, 2.05) is 0 Å². The molecular formula is C14H7Cl2F2N3. The number of hydrogen-bond acceptors (Lipinski definition) is 2. The summed E-state index contributed by atoms with van der Waals surface area (Å²) in [6, 6.07) is 8.88. The molecule has 0 atom stereocenters. The first-order chi connectivity index (χ1) is 10.1. The van der Waals surface area contributed by atoms with Crippen LogP contribution < -0.4 is 0 Å². The summed E-state index contributed by atoms with van der Waals surface area (Å²) in [5.41, 5.74) is 0.461. The van der Waals surface area contributed by atoms with Gasteiger partial charge in [0.15, 0.2) is 5.82 Å². The zero-order valence-corrected chi connectivity index (χ0v) is 11.9. The Kier molecular flexibility index (Phi) is 3.61. The summed E-state index contributed by atoms with van der Waals surface area (Å²) in [6.45, 7) is 0. The molecule has 2 aromatic carbocycles. The number of benzene rings is 2. The van der Waals surface area contributed by atoms with Gasteiger partial charge >= 0.3 is 0 Å². The van der Waals surface area contributed by atoms with Gasteiger partial charge in [0.05, 0.1) is 22.5 Å². The summed E-state index contributed by atoms with van der Waals surface area (Å²) in [5, 5.41) is 7.94. The second-order valence-corrected chi connectivity index (χ2v) is 5.07. The molecule has 1 aromatic heterocycles. The molecule has 3 aromatic rings. The topological polar surface area (TPSA) is 30.7 Å². The summed E-state index contributed by atoms with van der Waals surface area (Å²) in [4.78, 5) is 0. The second kappa shape index (κ2) is 5.42. The minimum absolute atomic E-state index is 0.162. The van der Waals surface area contributed by atoms with Crippen molar-refractivity contribution >= 4 is 23.2 Å². The molecule has 0 radical (unpaired) electrons. The summed E-state index contributed by atoms with van der Waals surface area (Å²) in [7, 11) is 0. The number of nitrogens with zero attached hydrogens (tertiary/aromatic N) is 3. The summed E-state index contributed by atoms with van der Waals surface area (Å²) >= 11 is 11.5. The van der Waals surface area contributed by atoms with Crippen LogP contribution >= 0.6 is 23.2 Å². The van der Waals surface area contributed by atoms with Crippen molar-refractivity contribution in [2.75, 3.05) is 0 Å². The van der Waals surface area contributed by atoms with Crippen molar-refractivity contribution in [2.24, 2.45) is 0 Å². The fourth-order valence-corrected chi connectivity index (χ4v) is 2.22. The maximum Gasteiger partial charge on any atom is 0.154 e. The molecular weight excluding hydrogens is 319 g/mol. The van der Waals surface area contributed by atoms with Crippen LogP contribution in [0.4, 0.5) is 8.78 Å². The molecule has 0 bridgehead atoms. The summed E-state index contributed by atoms with van der Waals surface area (Å²) < 4.78 is 29.4. The fourth-order valence-electron chi connectivity index (χ4n) is 1.94. The predicted octanol–water partition coefficient (Wildman–Crippen LogP) is 4.52.